The molecule has 2 aromatic carbocycles. The van der Waals surface area contributed by atoms with Crippen LogP contribution < -0.4 is 9.80 Å². The van der Waals surface area contributed by atoms with Crippen LogP contribution in [0, 0.1) is 0 Å². The average molecular weight is 496 g/mol. The average Bonchev–Trinajstić information content (AvgIpc) is 2.80. The van der Waals surface area contributed by atoms with Crippen molar-refractivity contribution in [3.8, 4) is 5.75 Å². The molecule has 5 nitrogen and oxygen atoms in total. The summed E-state index contributed by atoms with van der Waals surface area (Å²) < 4.78 is 51.9. The maximum absolute atomic E-state index is 14.0. The smallest absolute Gasteiger partial charge is 0.432 e. The Labute approximate surface area is 201 Å². The predicted molar refractivity (Wildman–Crippen MR) is 124 cm³/mol. The van der Waals surface area contributed by atoms with Gasteiger partial charge in [0.2, 0.25) is 5.60 Å². The number of nitrogens with zero attached hydrogens (tertiary/aromatic N) is 1. The Balaban J connectivity index is 1.78. The number of hydroxylamine groups is 1. The molecule has 0 fully saturated rings. The Hall–Kier alpha value is -3.13. The highest BCUT2D eigenvalue weighted by Crippen LogP contribution is 2.41. The standard InChI is InChI=1S/C25H25ClF3NO4/c1-3-15-30(22-10-9-18(16-21(22)26)17-23(31)32-2)34-20-11-13-24(14-12-20,25(27,28)29)33-19-7-5-4-6-8-19/h4-13,16H,3,14-15,17H2,1-2H3. The summed E-state index contributed by atoms with van der Waals surface area (Å²) in [6, 6.07) is 12.9. The van der Waals surface area contributed by atoms with Gasteiger partial charge < -0.3 is 14.3 Å². The number of benzene rings is 2. The summed E-state index contributed by atoms with van der Waals surface area (Å²) in [7, 11) is 1.30. The van der Waals surface area contributed by atoms with E-state index in [1.54, 1.807) is 36.4 Å². The summed E-state index contributed by atoms with van der Waals surface area (Å²) >= 11 is 6.42. The molecule has 0 aromatic heterocycles. The topological polar surface area (TPSA) is 48.0 Å². The number of carbonyl (C=O) groups is 1. The van der Waals surface area contributed by atoms with E-state index >= 15 is 0 Å². The van der Waals surface area contributed by atoms with Crippen molar-refractivity contribution in [1.82, 2.24) is 0 Å². The largest absolute Gasteiger partial charge is 0.473 e. The molecule has 0 bridgehead atoms. The highest BCUT2D eigenvalue weighted by Gasteiger charge is 2.56. The third-order valence-corrected chi connectivity index (χ3v) is 5.45. The minimum atomic E-state index is -4.64. The first kappa shape index (κ1) is 25.5. The lowest BCUT2D eigenvalue weighted by Crippen LogP contribution is -2.49. The molecule has 1 aliphatic carbocycles. The van der Waals surface area contributed by atoms with E-state index in [4.69, 9.17) is 21.2 Å². The third kappa shape index (κ3) is 6.05. The van der Waals surface area contributed by atoms with Gasteiger partial charge in [0.05, 0.1) is 30.8 Å². The summed E-state index contributed by atoms with van der Waals surface area (Å²) in [6.45, 7) is 2.37. The van der Waals surface area contributed by atoms with Crippen molar-refractivity contribution in [3.05, 3.63) is 83.1 Å². The minimum absolute atomic E-state index is 0.0694. The van der Waals surface area contributed by atoms with E-state index in [1.807, 2.05) is 6.92 Å². The molecule has 3 rings (SSSR count). The Morgan fingerprint density at radius 3 is 2.47 bits per heavy atom. The quantitative estimate of drug-likeness (QED) is 0.296. The van der Waals surface area contributed by atoms with Gasteiger partial charge in [0.1, 0.15) is 5.75 Å². The van der Waals surface area contributed by atoms with Gasteiger partial charge in [0.25, 0.3) is 0 Å². The molecule has 1 atom stereocenters. The summed E-state index contributed by atoms with van der Waals surface area (Å²) in [5, 5.41) is 1.85. The van der Waals surface area contributed by atoms with Crippen LogP contribution in [0.1, 0.15) is 25.3 Å². The number of para-hydroxylation sites is 1. The fraction of sp³-hybridized carbons (Fsp3) is 0.320. The monoisotopic (exact) mass is 495 g/mol. The lowest BCUT2D eigenvalue weighted by Gasteiger charge is -2.35. The van der Waals surface area contributed by atoms with E-state index < -0.39 is 24.2 Å². The van der Waals surface area contributed by atoms with Crippen molar-refractivity contribution in [3.63, 3.8) is 0 Å². The Morgan fingerprint density at radius 1 is 1.18 bits per heavy atom. The van der Waals surface area contributed by atoms with Crippen molar-refractivity contribution in [2.24, 2.45) is 0 Å². The first-order valence-electron chi connectivity index (χ1n) is 10.7. The van der Waals surface area contributed by atoms with E-state index in [0.717, 1.165) is 6.08 Å². The van der Waals surface area contributed by atoms with E-state index in [-0.39, 0.29) is 17.9 Å². The molecule has 9 heteroatoms. The van der Waals surface area contributed by atoms with Crippen molar-refractivity contribution in [1.29, 1.82) is 0 Å². The zero-order chi connectivity index (χ0) is 24.8. The van der Waals surface area contributed by atoms with Gasteiger partial charge in [-0.2, -0.15) is 13.2 Å². The molecule has 1 unspecified atom stereocenters. The third-order valence-electron chi connectivity index (χ3n) is 5.15. The first-order valence-corrected chi connectivity index (χ1v) is 11.1. The fourth-order valence-electron chi connectivity index (χ4n) is 3.36. The SMILES string of the molecule is CCCN(OC1=CCC(Oc2ccccc2)(C(F)(F)F)C=C1)c1ccc(CC(=O)OC)cc1Cl. The Morgan fingerprint density at radius 2 is 1.91 bits per heavy atom. The maximum atomic E-state index is 14.0. The summed E-state index contributed by atoms with van der Waals surface area (Å²) in [4.78, 5) is 17.4. The maximum Gasteiger partial charge on any atom is 0.432 e. The van der Waals surface area contributed by atoms with Gasteiger partial charge in [-0.05, 0) is 54.5 Å². The molecule has 34 heavy (non-hydrogen) atoms. The van der Waals surface area contributed by atoms with E-state index in [2.05, 4.69) is 4.74 Å². The molecule has 0 saturated carbocycles. The second-order valence-corrected chi connectivity index (χ2v) is 8.09. The Bertz CT molecular complexity index is 1060. The summed E-state index contributed by atoms with van der Waals surface area (Å²) in [5.74, 6) is -0.0396. The fourth-order valence-corrected chi connectivity index (χ4v) is 3.66. The van der Waals surface area contributed by atoms with Crippen LogP contribution in [0.4, 0.5) is 18.9 Å². The molecule has 0 spiro atoms. The van der Waals surface area contributed by atoms with Crippen LogP contribution in [0.15, 0.2) is 72.5 Å². The van der Waals surface area contributed by atoms with Gasteiger partial charge >= 0.3 is 12.1 Å². The second-order valence-electron chi connectivity index (χ2n) is 7.68. The van der Waals surface area contributed by atoms with Crippen molar-refractivity contribution in [2.75, 3.05) is 18.7 Å². The molecular formula is C25H25ClF3NO4. The molecule has 0 amide bonds. The van der Waals surface area contributed by atoms with Crippen molar-refractivity contribution >= 4 is 23.3 Å². The molecular weight excluding hydrogens is 471 g/mol. The van der Waals surface area contributed by atoms with Crippen LogP contribution in [0.2, 0.25) is 5.02 Å². The summed E-state index contributed by atoms with van der Waals surface area (Å²) in [6.07, 6.45) is -0.756. The van der Waals surface area contributed by atoms with Crippen LogP contribution >= 0.6 is 11.6 Å². The number of esters is 1. The van der Waals surface area contributed by atoms with Gasteiger partial charge in [-0.15, -0.1) is 0 Å². The number of alkyl halides is 3. The van der Waals surface area contributed by atoms with Gasteiger partial charge in [-0.1, -0.05) is 42.8 Å². The zero-order valence-electron chi connectivity index (χ0n) is 18.8. The lowest BCUT2D eigenvalue weighted by atomic mass is 9.93. The number of rotatable bonds is 9. The molecule has 2 aromatic rings. The molecule has 0 radical (unpaired) electrons. The molecule has 0 saturated heterocycles. The van der Waals surface area contributed by atoms with E-state index in [9.17, 15) is 18.0 Å². The number of halogens is 4. The van der Waals surface area contributed by atoms with Crippen LogP contribution in [0.3, 0.4) is 0 Å². The van der Waals surface area contributed by atoms with Gasteiger partial charge in [0, 0.05) is 6.42 Å². The predicted octanol–water partition coefficient (Wildman–Crippen LogP) is 6.43. The number of hydrogen-bond donors (Lipinski definition) is 0. The number of hydrogen-bond acceptors (Lipinski definition) is 5. The molecule has 1 aliphatic rings. The van der Waals surface area contributed by atoms with Crippen LogP contribution in [-0.2, 0) is 20.8 Å². The number of anilines is 1. The van der Waals surface area contributed by atoms with Crippen LogP contribution in [0.25, 0.3) is 0 Å². The number of carbonyl (C=O) groups excluding carboxylic acids is 1. The minimum Gasteiger partial charge on any atom is -0.473 e. The normalized spacial score (nSPS) is 17.6. The number of ether oxygens (including phenoxy) is 2. The molecule has 0 aliphatic heterocycles. The van der Waals surface area contributed by atoms with Crippen molar-refractivity contribution < 1.29 is 32.3 Å². The van der Waals surface area contributed by atoms with Gasteiger partial charge in [-0.25, -0.2) is 5.06 Å². The lowest BCUT2D eigenvalue weighted by molar-refractivity contribution is -0.228. The highest BCUT2D eigenvalue weighted by molar-refractivity contribution is 6.33. The molecule has 0 heterocycles. The van der Waals surface area contributed by atoms with E-state index in [1.165, 1.54) is 36.5 Å². The number of allylic oxidation sites excluding steroid dienone is 1. The molecule has 0 N–H and O–H groups in total. The Kier molecular flexibility index (Phi) is 8.15. The van der Waals surface area contributed by atoms with Crippen molar-refractivity contribution in [2.45, 2.75) is 38.0 Å². The second kappa shape index (κ2) is 10.9. The zero-order valence-corrected chi connectivity index (χ0v) is 19.5. The van der Waals surface area contributed by atoms with Crippen LogP contribution in [0.5, 0.6) is 5.75 Å². The van der Waals surface area contributed by atoms with Gasteiger partial charge in [0.15, 0.2) is 5.76 Å². The van der Waals surface area contributed by atoms with Gasteiger partial charge in [-0.3, -0.25) is 4.79 Å². The molecule has 182 valence electrons. The van der Waals surface area contributed by atoms with E-state index in [0.29, 0.717) is 29.2 Å². The number of methoxy groups -OCH3 is 1. The highest BCUT2D eigenvalue weighted by atomic mass is 35.5. The first-order chi connectivity index (χ1) is 16.2. The van der Waals surface area contributed by atoms with Crippen LogP contribution in [-0.4, -0.2) is 31.4 Å². The summed E-state index contributed by atoms with van der Waals surface area (Å²) in [5.41, 5.74) is -1.30.